The van der Waals surface area contributed by atoms with E-state index in [-0.39, 0.29) is 30.0 Å². The van der Waals surface area contributed by atoms with Crippen molar-refractivity contribution in [2.24, 2.45) is 11.7 Å². The first-order valence-corrected chi connectivity index (χ1v) is 12.8. The van der Waals surface area contributed by atoms with E-state index >= 15 is 0 Å². The number of aromatic nitrogens is 4. The van der Waals surface area contributed by atoms with Gasteiger partial charge in [-0.15, -0.1) is 0 Å². The molecule has 0 radical (unpaired) electrons. The second-order valence-electron chi connectivity index (χ2n) is 9.29. The quantitative estimate of drug-likeness (QED) is 0.344. The smallest absolute Gasteiger partial charge is 0.224 e. The lowest BCUT2D eigenvalue weighted by atomic mass is 9.85. The number of primary amides is 1. The minimum absolute atomic E-state index is 0.0407. The fraction of sp³-hybridized carbons (Fsp3) is 0.478. The second-order valence-corrected chi connectivity index (χ2v) is 10.5. The number of nitrogens with zero attached hydrogens (tertiary/aromatic N) is 4. The van der Waals surface area contributed by atoms with Crippen molar-refractivity contribution in [2.45, 2.75) is 63.1 Å². The Morgan fingerprint density at radius 3 is 2.40 bits per heavy atom. The lowest BCUT2D eigenvalue weighted by molar-refractivity contribution is -0.122. The number of hydrogen-bond donors (Lipinski definition) is 4. The van der Waals surface area contributed by atoms with E-state index in [4.69, 9.17) is 50.5 Å². The number of amides is 1. The monoisotopic (exact) mass is 537 g/mol. The van der Waals surface area contributed by atoms with Gasteiger partial charge in [-0.3, -0.25) is 9.36 Å². The number of carbonyl (C=O) groups excluding carboxylic acids is 1. The molecule has 2 heterocycles. The van der Waals surface area contributed by atoms with Crippen molar-refractivity contribution < 1.29 is 9.90 Å². The summed E-state index contributed by atoms with van der Waals surface area (Å²) in [4.78, 5) is 25.7. The van der Waals surface area contributed by atoms with Crippen LogP contribution in [0.5, 0.6) is 0 Å². The Hall–Kier alpha value is -2.33. The minimum Gasteiger partial charge on any atom is -0.393 e. The highest BCUT2D eigenvalue weighted by Gasteiger charge is 2.30. The van der Waals surface area contributed by atoms with Crippen LogP contribution in [0.15, 0.2) is 18.3 Å². The number of hydrogen-bond acceptors (Lipinski definition) is 7. The molecule has 35 heavy (non-hydrogen) atoms. The molecule has 2 aliphatic carbocycles. The van der Waals surface area contributed by atoms with E-state index in [1.54, 1.807) is 18.3 Å². The average molecular weight is 539 g/mol. The summed E-state index contributed by atoms with van der Waals surface area (Å²) in [6.45, 7) is 0. The number of imidazole rings is 1. The first-order valence-electron chi connectivity index (χ1n) is 11.7. The van der Waals surface area contributed by atoms with E-state index < -0.39 is 0 Å². The van der Waals surface area contributed by atoms with Gasteiger partial charge in [0.15, 0.2) is 5.65 Å². The van der Waals surface area contributed by atoms with Crippen LogP contribution < -0.4 is 16.4 Å². The summed E-state index contributed by atoms with van der Waals surface area (Å²) in [7, 11) is 0. The van der Waals surface area contributed by atoms with E-state index in [1.807, 2.05) is 4.57 Å². The molecule has 2 atom stereocenters. The van der Waals surface area contributed by atoms with Crippen LogP contribution in [0.4, 0.5) is 17.6 Å². The zero-order valence-corrected chi connectivity index (χ0v) is 21.1. The number of benzene rings is 1. The highest BCUT2D eigenvalue weighted by molar-refractivity contribution is 6.41. The second kappa shape index (κ2) is 9.97. The topological polar surface area (TPSA) is 131 Å². The van der Waals surface area contributed by atoms with Crippen molar-refractivity contribution in [1.29, 1.82) is 0 Å². The zero-order chi connectivity index (χ0) is 24.7. The van der Waals surface area contributed by atoms with Gasteiger partial charge in [-0.1, -0.05) is 34.8 Å². The fourth-order valence-corrected chi connectivity index (χ4v) is 5.97. The van der Waals surface area contributed by atoms with E-state index in [1.165, 1.54) is 0 Å². The van der Waals surface area contributed by atoms with E-state index in [0.717, 1.165) is 25.7 Å². The molecular weight excluding hydrogens is 513 g/mol. The molecule has 0 bridgehead atoms. The van der Waals surface area contributed by atoms with Gasteiger partial charge in [0.1, 0.15) is 5.52 Å². The van der Waals surface area contributed by atoms with Crippen LogP contribution in [0.2, 0.25) is 15.1 Å². The normalized spacial score (nSPS) is 24.6. The van der Waals surface area contributed by atoms with Crippen molar-refractivity contribution in [1.82, 2.24) is 19.5 Å². The highest BCUT2D eigenvalue weighted by atomic mass is 35.5. The summed E-state index contributed by atoms with van der Waals surface area (Å²) >= 11 is 18.9. The lowest BCUT2D eigenvalue weighted by Crippen LogP contribution is -2.29. The third-order valence-electron chi connectivity index (χ3n) is 6.88. The van der Waals surface area contributed by atoms with E-state index in [0.29, 0.717) is 63.1 Å². The number of halogens is 3. The van der Waals surface area contributed by atoms with E-state index in [2.05, 4.69) is 15.6 Å². The van der Waals surface area contributed by atoms with Gasteiger partial charge in [-0.05, 0) is 57.1 Å². The molecule has 3 aromatic rings. The average Bonchev–Trinajstić information content (AvgIpc) is 3.38. The Morgan fingerprint density at radius 1 is 1.06 bits per heavy atom. The molecule has 0 aliphatic heterocycles. The molecule has 2 aliphatic rings. The van der Waals surface area contributed by atoms with Gasteiger partial charge in [0.2, 0.25) is 17.8 Å². The summed E-state index contributed by atoms with van der Waals surface area (Å²) in [5.74, 6) is 0.622. The Morgan fingerprint density at radius 2 is 1.77 bits per heavy atom. The van der Waals surface area contributed by atoms with Crippen LogP contribution in [0.3, 0.4) is 0 Å². The van der Waals surface area contributed by atoms with Gasteiger partial charge in [0.05, 0.1) is 28.0 Å². The molecule has 186 valence electrons. The molecule has 0 unspecified atom stereocenters. The van der Waals surface area contributed by atoms with Gasteiger partial charge < -0.3 is 21.5 Å². The molecule has 1 aromatic carbocycles. The predicted octanol–water partition coefficient (Wildman–Crippen LogP) is 5.07. The molecule has 2 saturated carbocycles. The molecule has 0 saturated heterocycles. The van der Waals surface area contributed by atoms with Crippen molar-refractivity contribution in [3.8, 4) is 0 Å². The summed E-state index contributed by atoms with van der Waals surface area (Å²) in [5, 5.41) is 17.6. The number of nitrogens with one attached hydrogen (secondary N) is 2. The SMILES string of the molecule is NC(=O)[C@H]1CC[C@@H](n2c(Nc3c(Cl)cc(Cl)cc3Cl)nc3cnc(N[C@H]4CC[C@H](O)C4)nc32)CC1. The van der Waals surface area contributed by atoms with Crippen molar-refractivity contribution in [3.05, 3.63) is 33.4 Å². The summed E-state index contributed by atoms with van der Waals surface area (Å²) in [6.07, 6.45) is 6.55. The molecule has 2 aromatic heterocycles. The fourth-order valence-electron chi connectivity index (χ4n) is 5.06. The van der Waals surface area contributed by atoms with Gasteiger partial charge in [-0.25, -0.2) is 9.97 Å². The maximum absolute atomic E-state index is 11.7. The number of fused-ring (bicyclic) bond motifs is 1. The third-order valence-corrected chi connectivity index (χ3v) is 7.69. The molecule has 0 spiro atoms. The number of aliphatic hydroxyl groups excluding tert-OH is 1. The maximum atomic E-state index is 11.7. The van der Waals surface area contributed by atoms with E-state index in [9.17, 15) is 9.90 Å². The summed E-state index contributed by atoms with van der Waals surface area (Å²) < 4.78 is 2.03. The van der Waals surface area contributed by atoms with Crippen LogP contribution in [0.25, 0.3) is 11.2 Å². The number of aliphatic hydroxyl groups is 1. The number of nitrogens with two attached hydrogens (primary N) is 1. The molecule has 2 fully saturated rings. The molecule has 9 nitrogen and oxygen atoms in total. The van der Waals surface area contributed by atoms with Gasteiger partial charge in [0, 0.05) is 23.0 Å². The molecular formula is C23H26Cl3N7O2. The van der Waals surface area contributed by atoms with Crippen molar-refractivity contribution in [3.63, 3.8) is 0 Å². The van der Waals surface area contributed by atoms with Crippen LogP contribution in [-0.4, -0.2) is 42.7 Å². The van der Waals surface area contributed by atoms with Crippen LogP contribution in [-0.2, 0) is 4.79 Å². The standard InChI is InChI=1S/C23H26Cl3N7O2/c24-12-7-16(25)19(17(26)8-12)31-23-30-18-10-28-22(29-13-3-6-15(34)9-13)32-21(18)33(23)14-4-1-11(2-5-14)20(27)35/h7-8,10-11,13-15,34H,1-6,9H2,(H2,27,35)(H,30,31)(H,28,29,32)/t11-,13-,14+,15-/m0/s1. The Kier molecular flexibility index (Phi) is 6.94. The number of anilines is 3. The Balaban J connectivity index is 1.52. The highest BCUT2D eigenvalue weighted by Crippen LogP contribution is 2.40. The maximum Gasteiger partial charge on any atom is 0.224 e. The molecule has 12 heteroatoms. The number of carbonyl (C=O) groups is 1. The molecule has 1 amide bonds. The summed E-state index contributed by atoms with van der Waals surface area (Å²) in [5.41, 5.74) is 7.31. The first kappa shape index (κ1) is 24.4. The first-order chi connectivity index (χ1) is 16.8. The lowest BCUT2D eigenvalue weighted by Gasteiger charge is -2.29. The molecule has 5 rings (SSSR count). The third kappa shape index (κ3) is 5.14. The van der Waals surface area contributed by atoms with Crippen LogP contribution in [0.1, 0.15) is 51.0 Å². The minimum atomic E-state index is -0.299. The number of rotatable bonds is 6. The van der Waals surface area contributed by atoms with Gasteiger partial charge >= 0.3 is 0 Å². The summed E-state index contributed by atoms with van der Waals surface area (Å²) in [6, 6.07) is 3.38. The van der Waals surface area contributed by atoms with Gasteiger partial charge in [-0.2, -0.15) is 4.98 Å². The predicted molar refractivity (Wildman–Crippen MR) is 138 cm³/mol. The van der Waals surface area contributed by atoms with Crippen LogP contribution >= 0.6 is 34.8 Å². The van der Waals surface area contributed by atoms with Gasteiger partial charge in [0.25, 0.3) is 0 Å². The zero-order valence-electron chi connectivity index (χ0n) is 18.8. The van der Waals surface area contributed by atoms with Crippen LogP contribution in [0, 0.1) is 5.92 Å². The van der Waals surface area contributed by atoms with Crippen molar-refractivity contribution in [2.75, 3.05) is 10.6 Å². The Labute approximate surface area is 217 Å². The largest absolute Gasteiger partial charge is 0.393 e. The Bertz CT molecular complexity index is 1240. The van der Waals surface area contributed by atoms with Crippen molar-refractivity contribution >= 4 is 69.5 Å². The molecule has 5 N–H and O–H groups in total.